The summed E-state index contributed by atoms with van der Waals surface area (Å²) in [5.74, 6) is 1.55. The van der Waals surface area contributed by atoms with E-state index >= 15 is 0 Å². The maximum Gasteiger partial charge on any atom is 0.305 e. The quantitative estimate of drug-likeness (QED) is 0.318. The first-order valence-electron chi connectivity index (χ1n) is 8.75. The van der Waals surface area contributed by atoms with Crippen molar-refractivity contribution in [1.82, 2.24) is 0 Å². The normalized spacial score (nSPS) is 14.0. The molecule has 0 radical (unpaired) electrons. The number of esters is 1. The minimum atomic E-state index is -0.00435. The van der Waals surface area contributed by atoms with Crippen LogP contribution in [-0.4, -0.2) is 12.6 Å². The molecule has 0 aromatic rings. The van der Waals surface area contributed by atoms with Crippen molar-refractivity contribution in [3.63, 3.8) is 0 Å². The van der Waals surface area contributed by atoms with E-state index in [4.69, 9.17) is 4.74 Å². The first-order valence-corrected chi connectivity index (χ1v) is 8.75. The number of hydrogen-bond acceptors (Lipinski definition) is 2. The molecule has 0 aliphatic carbocycles. The lowest BCUT2D eigenvalue weighted by molar-refractivity contribution is -0.143. The summed E-state index contributed by atoms with van der Waals surface area (Å²) in [6.07, 6.45) is 11.3. The molecule has 2 atom stereocenters. The number of hydrogen-bond donors (Lipinski definition) is 0. The minimum absolute atomic E-state index is 0.00435. The molecule has 0 aromatic carbocycles. The number of carbonyl (C=O) groups excluding carboxylic acids is 1. The van der Waals surface area contributed by atoms with Gasteiger partial charge in [0.15, 0.2) is 0 Å². The third-order valence-electron chi connectivity index (χ3n) is 4.00. The van der Waals surface area contributed by atoms with Crippen molar-refractivity contribution in [1.29, 1.82) is 0 Å². The average Bonchev–Trinajstić information content (AvgIpc) is 2.39. The van der Waals surface area contributed by atoms with E-state index in [1.54, 1.807) is 0 Å². The molecule has 0 amide bonds. The van der Waals surface area contributed by atoms with Crippen LogP contribution in [0.5, 0.6) is 0 Å². The number of rotatable bonds is 13. The monoisotopic (exact) mass is 284 g/mol. The summed E-state index contributed by atoms with van der Waals surface area (Å²) >= 11 is 0. The van der Waals surface area contributed by atoms with Crippen molar-refractivity contribution >= 4 is 5.97 Å². The van der Waals surface area contributed by atoms with Gasteiger partial charge < -0.3 is 4.74 Å². The fraction of sp³-hybridized carbons (Fsp3) is 0.944. The second-order valence-corrected chi connectivity index (χ2v) is 6.40. The second-order valence-electron chi connectivity index (χ2n) is 6.40. The maximum absolute atomic E-state index is 11.6. The SMILES string of the molecule is CCCC(C)CCCCOC(=O)CCCC(C)CCC. The average molecular weight is 284 g/mol. The van der Waals surface area contributed by atoms with E-state index in [1.807, 2.05) is 0 Å². The standard InChI is InChI=1S/C18H36O2/c1-5-10-16(3)12-7-8-15-20-18(19)14-9-13-17(4)11-6-2/h16-17H,5-15H2,1-4H3. The van der Waals surface area contributed by atoms with Crippen LogP contribution in [0.15, 0.2) is 0 Å². The van der Waals surface area contributed by atoms with E-state index in [2.05, 4.69) is 27.7 Å². The van der Waals surface area contributed by atoms with E-state index in [1.165, 1.54) is 38.5 Å². The molecule has 2 nitrogen and oxygen atoms in total. The summed E-state index contributed by atoms with van der Waals surface area (Å²) < 4.78 is 5.29. The molecular formula is C18H36O2. The van der Waals surface area contributed by atoms with Crippen LogP contribution in [-0.2, 0) is 9.53 Å². The first kappa shape index (κ1) is 19.5. The lowest BCUT2D eigenvalue weighted by Crippen LogP contribution is -2.07. The lowest BCUT2D eigenvalue weighted by atomic mass is 9.99. The highest BCUT2D eigenvalue weighted by Gasteiger charge is 2.06. The van der Waals surface area contributed by atoms with Crippen LogP contribution < -0.4 is 0 Å². The van der Waals surface area contributed by atoms with Crippen LogP contribution in [0.4, 0.5) is 0 Å². The van der Waals surface area contributed by atoms with Gasteiger partial charge in [-0.15, -0.1) is 0 Å². The van der Waals surface area contributed by atoms with Gasteiger partial charge in [-0.05, 0) is 31.1 Å². The van der Waals surface area contributed by atoms with E-state index < -0.39 is 0 Å². The molecule has 0 rings (SSSR count). The molecule has 0 aliphatic rings. The van der Waals surface area contributed by atoms with Crippen molar-refractivity contribution in [2.75, 3.05) is 6.61 Å². The van der Waals surface area contributed by atoms with Crippen LogP contribution in [0.1, 0.15) is 91.9 Å². The minimum Gasteiger partial charge on any atom is -0.466 e. The molecule has 0 bridgehead atoms. The molecule has 0 spiro atoms. The summed E-state index contributed by atoms with van der Waals surface area (Å²) in [5.41, 5.74) is 0. The molecule has 120 valence electrons. The van der Waals surface area contributed by atoms with Gasteiger partial charge in [0.05, 0.1) is 6.61 Å². The Morgan fingerprint density at radius 1 is 0.850 bits per heavy atom. The highest BCUT2D eigenvalue weighted by Crippen LogP contribution is 2.15. The summed E-state index contributed by atoms with van der Waals surface area (Å²) in [6.45, 7) is 9.65. The Balaban J connectivity index is 3.36. The maximum atomic E-state index is 11.6. The zero-order valence-corrected chi connectivity index (χ0v) is 14.2. The van der Waals surface area contributed by atoms with Crippen LogP contribution >= 0.6 is 0 Å². The Kier molecular flexibility index (Phi) is 13.1. The highest BCUT2D eigenvalue weighted by molar-refractivity contribution is 5.69. The van der Waals surface area contributed by atoms with Gasteiger partial charge >= 0.3 is 5.97 Å². The van der Waals surface area contributed by atoms with Gasteiger partial charge in [-0.1, -0.05) is 66.2 Å². The van der Waals surface area contributed by atoms with E-state index in [-0.39, 0.29) is 5.97 Å². The van der Waals surface area contributed by atoms with Gasteiger partial charge in [0.2, 0.25) is 0 Å². The van der Waals surface area contributed by atoms with Crippen LogP contribution in [0, 0.1) is 11.8 Å². The molecule has 0 saturated heterocycles. The van der Waals surface area contributed by atoms with Gasteiger partial charge in [0.25, 0.3) is 0 Å². The molecule has 0 fully saturated rings. The van der Waals surface area contributed by atoms with Crippen molar-refractivity contribution in [3.8, 4) is 0 Å². The van der Waals surface area contributed by atoms with Crippen molar-refractivity contribution in [2.45, 2.75) is 91.9 Å². The molecule has 0 heterocycles. The van der Waals surface area contributed by atoms with Gasteiger partial charge in [-0.3, -0.25) is 4.79 Å². The molecule has 0 N–H and O–H groups in total. The zero-order chi connectivity index (χ0) is 15.2. The Labute approximate surface area is 126 Å². The number of carbonyl (C=O) groups is 1. The third kappa shape index (κ3) is 12.5. The molecular weight excluding hydrogens is 248 g/mol. The van der Waals surface area contributed by atoms with Gasteiger partial charge in [0, 0.05) is 6.42 Å². The van der Waals surface area contributed by atoms with Gasteiger partial charge in [-0.25, -0.2) is 0 Å². The molecule has 2 unspecified atom stereocenters. The Bertz CT molecular complexity index is 225. The van der Waals surface area contributed by atoms with Crippen LogP contribution in [0.3, 0.4) is 0 Å². The smallest absolute Gasteiger partial charge is 0.305 e. The van der Waals surface area contributed by atoms with E-state index in [9.17, 15) is 4.79 Å². The Morgan fingerprint density at radius 3 is 1.95 bits per heavy atom. The molecule has 2 heteroatoms. The summed E-state index contributed by atoms with van der Waals surface area (Å²) in [6, 6.07) is 0. The largest absolute Gasteiger partial charge is 0.466 e. The topological polar surface area (TPSA) is 26.3 Å². The van der Waals surface area contributed by atoms with Gasteiger partial charge in [-0.2, -0.15) is 0 Å². The Hall–Kier alpha value is -0.530. The number of ether oxygens (including phenoxy) is 1. The molecule has 20 heavy (non-hydrogen) atoms. The van der Waals surface area contributed by atoms with Gasteiger partial charge in [0.1, 0.15) is 0 Å². The van der Waals surface area contributed by atoms with Crippen molar-refractivity contribution < 1.29 is 9.53 Å². The third-order valence-corrected chi connectivity index (χ3v) is 4.00. The lowest BCUT2D eigenvalue weighted by Gasteiger charge is -2.10. The highest BCUT2D eigenvalue weighted by atomic mass is 16.5. The zero-order valence-electron chi connectivity index (χ0n) is 14.2. The predicted molar refractivity (Wildman–Crippen MR) is 86.8 cm³/mol. The number of unbranched alkanes of at least 4 members (excludes halogenated alkanes) is 1. The van der Waals surface area contributed by atoms with Crippen LogP contribution in [0.25, 0.3) is 0 Å². The molecule has 0 aliphatic heterocycles. The molecule has 0 aromatic heterocycles. The summed E-state index contributed by atoms with van der Waals surface area (Å²) in [4.78, 5) is 11.6. The van der Waals surface area contributed by atoms with Crippen LogP contribution in [0.2, 0.25) is 0 Å². The van der Waals surface area contributed by atoms with E-state index in [0.29, 0.717) is 13.0 Å². The second kappa shape index (κ2) is 13.5. The fourth-order valence-electron chi connectivity index (χ4n) is 2.72. The predicted octanol–water partition coefficient (Wildman–Crippen LogP) is 5.74. The fourth-order valence-corrected chi connectivity index (χ4v) is 2.72. The first-order chi connectivity index (χ1) is 9.60. The van der Waals surface area contributed by atoms with Crippen molar-refractivity contribution in [3.05, 3.63) is 0 Å². The summed E-state index contributed by atoms with van der Waals surface area (Å²) in [5, 5.41) is 0. The molecule has 0 saturated carbocycles. The van der Waals surface area contributed by atoms with Crippen molar-refractivity contribution in [2.24, 2.45) is 11.8 Å². The Morgan fingerprint density at radius 2 is 1.40 bits per heavy atom. The van der Waals surface area contributed by atoms with E-state index in [0.717, 1.165) is 31.1 Å². The summed E-state index contributed by atoms with van der Waals surface area (Å²) in [7, 11) is 0.